The van der Waals surface area contributed by atoms with Crippen LogP contribution < -0.4 is 0 Å². The summed E-state index contributed by atoms with van der Waals surface area (Å²) in [5, 5.41) is -0.309. The highest BCUT2D eigenvalue weighted by Crippen LogP contribution is 2.24. The molecule has 0 N–H and O–H groups in total. The summed E-state index contributed by atoms with van der Waals surface area (Å²) in [5.41, 5.74) is -0.245. The molecule has 1 aromatic carbocycles. The van der Waals surface area contributed by atoms with Gasteiger partial charge in [0.2, 0.25) is 0 Å². The summed E-state index contributed by atoms with van der Waals surface area (Å²) in [4.78, 5) is 13.8. The van der Waals surface area contributed by atoms with E-state index in [1.54, 1.807) is 4.90 Å². The number of hydrogen-bond donors (Lipinski definition) is 0. The Balaban J connectivity index is 2.31. The maximum atomic E-state index is 13.7. The Morgan fingerprint density at radius 2 is 2.06 bits per heavy atom. The summed E-state index contributed by atoms with van der Waals surface area (Å²) in [6, 6.07) is 2.51. The largest absolute Gasteiger partial charge is 0.336 e. The first-order chi connectivity index (χ1) is 8.52. The van der Waals surface area contributed by atoms with Gasteiger partial charge in [-0.25, -0.2) is 8.78 Å². The van der Waals surface area contributed by atoms with Crippen LogP contribution in [0.15, 0.2) is 12.1 Å². The first-order valence-electron chi connectivity index (χ1n) is 5.97. The van der Waals surface area contributed by atoms with Gasteiger partial charge in [0.15, 0.2) is 11.6 Å². The lowest BCUT2D eigenvalue weighted by molar-refractivity contribution is 0.0629. The van der Waals surface area contributed by atoms with Gasteiger partial charge in [-0.15, -0.1) is 0 Å². The van der Waals surface area contributed by atoms with Crippen LogP contribution in [0.3, 0.4) is 0 Å². The summed E-state index contributed by atoms with van der Waals surface area (Å²) >= 11 is 5.47. The van der Waals surface area contributed by atoms with E-state index in [2.05, 4.69) is 0 Å². The highest BCUT2D eigenvalue weighted by molar-refractivity contribution is 6.30. The quantitative estimate of drug-likeness (QED) is 0.716. The minimum atomic E-state index is -1.16. The van der Waals surface area contributed by atoms with Gasteiger partial charge < -0.3 is 4.90 Å². The van der Waals surface area contributed by atoms with Crippen LogP contribution in [0.25, 0.3) is 0 Å². The third kappa shape index (κ3) is 2.34. The number of halogens is 3. The van der Waals surface area contributed by atoms with Crippen LogP contribution in [-0.2, 0) is 0 Å². The Labute approximate surface area is 110 Å². The molecule has 1 aliphatic rings. The topological polar surface area (TPSA) is 20.3 Å². The molecule has 0 saturated carbocycles. The predicted octanol–water partition coefficient (Wildman–Crippen LogP) is 3.63. The first-order valence-corrected chi connectivity index (χ1v) is 6.34. The number of carbonyl (C=O) groups excluding carboxylic acids is 1. The molecule has 0 unspecified atom stereocenters. The fourth-order valence-corrected chi connectivity index (χ4v) is 2.39. The number of amides is 1. The second kappa shape index (κ2) is 5.22. The van der Waals surface area contributed by atoms with Crippen LogP contribution in [-0.4, -0.2) is 23.4 Å². The average molecular weight is 274 g/mol. The van der Waals surface area contributed by atoms with Crippen molar-refractivity contribution < 1.29 is 13.6 Å². The molecule has 1 saturated heterocycles. The maximum absolute atomic E-state index is 13.7. The van der Waals surface area contributed by atoms with E-state index in [4.69, 9.17) is 11.6 Å². The Hall–Kier alpha value is -1.16. The second-order valence-corrected chi connectivity index (χ2v) is 4.97. The number of hydrogen-bond acceptors (Lipinski definition) is 1. The molecule has 0 radical (unpaired) electrons. The highest BCUT2D eigenvalue weighted by atomic mass is 35.5. The summed E-state index contributed by atoms with van der Waals surface area (Å²) < 4.78 is 27.0. The van der Waals surface area contributed by atoms with Gasteiger partial charge in [-0.3, -0.25) is 4.79 Å². The third-order valence-electron chi connectivity index (χ3n) is 3.33. The molecule has 5 heteroatoms. The minimum Gasteiger partial charge on any atom is -0.336 e. The van der Waals surface area contributed by atoms with Crippen LogP contribution in [0.5, 0.6) is 0 Å². The highest BCUT2D eigenvalue weighted by Gasteiger charge is 2.27. The van der Waals surface area contributed by atoms with Crippen LogP contribution in [0, 0.1) is 11.6 Å². The number of benzene rings is 1. The van der Waals surface area contributed by atoms with E-state index in [0.717, 1.165) is 19.3 Å². The standard InChI is InChI=1S/C13H14ClF2NO/c1-8-4-2-3-7-17(8)13(18)9-5-6-10(14)12(16)11(9)15/h5-6,8H,2-4,7H2,1H3/t8-/m0/s1. The van der Waals surface area contributed by atoms with Crippen molar-refractivity contribution in [1.29, 1.82) is 0 Å². The molecule has 2 nitrogen and oxygen atoms in total. The lowest BCUT2D eigenvalue weighted by Gasteiger charge is -2.33. The van der Waals surface area contributed by atoms with E-state index in [0.29, 0.717) is 6.54 Å². The van der Waals surface area contributed by atoms with Crippen molar-refractivity contribution in [3.8, 4) is 0 Å². The Morgan fingerprint density at radius 1 is 1.33 bits per heavy atom. The summed E-state index contributed by atoms with van der Waals surface area (Å²) in [7, 11) is 0. The minimum absolute atomic E-state index is 0.0596. The number of carbonyl (C=O) groups is 1. The van der Waals surface area contributed by atoms with Crippen LogP contribution >= 0.6 is 11.6 Å². The molecule has 0 aliphatic carbocycles. The van der Waals surface area contributed by atoms with Gasteiger partial charge in [0.1, 0.15) is 0 Å². The van der Waals surface area contributed by atoms with Gasteiger partial charge in [-0.1, -0.05) is 11.6 Å². The SMILES string of the molecule is C[C@H]1CCCCN1C(=O)c1ccc(Cl)c(F)c1F. The molecule has 0 aromatic heterocycles. The van der Waals surface area contributed by atoms with Crippen molar-refractivity contribution in [2.75, 3.05) is 6.54 Å². The molecule has 0 bridgehead atoms. The number of piperidine rings is 1. The lowest BCUT2D eigenvalue weighted by Crippen LogP contribution is -2.42. The predicted molar refractivity (Wildman–Crippen MR) is 65.7 cm³/mol. The molecule has 1 amide bonds. The van der Waals surface area contributed by atoms with E-state index in [-0.39, 0.29) is 16.6 Å². The van der Waals surface area contributed by atoms with Crippen molar-refractivity contribution in [3.05, 3.63) is 34.4 Å². The Kier molecular flexibility index (Phi) is 3.85. The zero-order valence-electron chi connectivity index (χ0n) is 10.0. The number of likely N-dealkylation sites (tertiary alicyclic amines) is 1. The molecule has 18 heavy (non-hydrogen) atoms. The Bertz CT molecular complexity index is 478. The van der Waals surface area contributed by atoms with Crippen molar-refractivity contribution in [1.82, 2.24) is 4.90 Å². The van der Waals surface area contributed by atoms with Gasteiger partial charge in [0.25, 0.3) is 5.91 Å². The molecule has 1 heterocycles. The van der Waals surface area contributed by atoms with Crippen molar-refractivity contribution in [3.63, 3.8) is 0 Å². The van der Waals surface area contributed by atoms with E-state index in [1.165, 1.54) is 12.1 Å². The van der Waals surface area contributed by atoms with Crippen molar-refractivity contribution >= 4 is 17.5 Å². The van der Waals surface area contributed by atoms with E-state index < -0.39 is 17.5 Å². The van der Waals surface area contributed by atoms with Gasteiger partial charge in [-0.2, -0.15) is 0 Å². The molecule has 2 rings (SSSR count). The van der Waals surface area contributed by atoms with Crippen molar-refractivity contribution in [2.45, 2.75) is 32.2 Å². The zero-order chi connectivity index (χ0) is 13.3. The fraction of sp³-hybridized carbons (Fsp3) is 0.462. The average Bonchev–Trinajstić information content (AvgIpc) is 2.36. The molecule has 1 aromatic rings. The summed E-state index contributed by atoms with van der Waals surface area (Å²) in [6.07, 6.45) is 2.85. The normalized spacial score (nSPS) is 20.0. The molecular weight excluding hydrogens is 260 g/mol. The van der Waals surface area contributed by atoms with Crippen LogP contribution in [0.1, 0.15) is 36.5 Å². The van der Waals surface area contributed by atoms with E-state index in [9.17, 15) is 13.6 Å². The van der Waals surface area contributed by atoms with Gasteiger partial charge in [0, 0.05) is 12.6 Å². The summed E-state index contributed by atoms with van der Waals surface area (Å²) in [5.74, 6) is -2.78. The fourth-order valence-electron chi connectivity index (χ4n) is 2.25. The zero-order valence-corrected chi connectivity index (χ0v) is 10.8. The van der Waals surface area contributed by atoms with Gasteiger partial charge >= 0.3 is 0 Å². The van der Waals surface area contributed by atoms with Crippen LogP contribution in [0.4, 0.5) is 8.78 Å². The van der Waals surface area contributed by atoms with Crippen molar-refractivity contribution in [2.24, 2.45) is 0 Å². The lowest BCUT2D eigenvalue weighted by atomic mass is 10.0. The molecule has 1 fully saturated rings. The van der Waals surface area contributed by atoms with E-state index >= 15 is 0 Å². The van der Waals surface area contributed by atoms with Gasteiger partial charge in [0.05, 0.1) is 10.6 Å². The summed E-state index contributed by atoms with van der Waals surface area (Å²) in [6.45, 7) is 2.50. The maximum Gasteiger partial charge on any atom is 0.257 e. The number of rotatable bonds is 1. The van der Waals surface area contributed by atoms with E-state index in [1.807, 2.05) is 6.92 Å². The van der Waals surface area contributed by atoms with Crippen LogP contribution in [0.2, 0.25) is 5.02 Å². The monoisotopic (exact) mass is 273 g/mol. The first kappa shape index (κ1) is 13.3. The molecule has 98 valence electrons. The third-order valence-corrected chi connectivity index (χ3v) is 3.62. The number of nitrogens with zero attached hydrogens (tertiary/aromatic N) is 1. The second-order valence-electron chi connectivity index (χ2n) is 4.57. The van der Waals surface area contributed by atoms with Gasteiger partial charge in [-0.05, 0) is 38.3 Å². The molecule has 1 aliphatic heterocycles. The Morgan fingerprint density at radius 3 is 2.72 bits per heavy atom. The molecule has 1 atom stereocenters. The molecular formula is C13H14ClF2NO. The molecule has 0 spiro atoms. The smallest absolute Gasteiger partial charge is 0.257 e.